The van der Waals surface area contributed by atoms with Crippen molar-refractivity contribution in [3.63, 3.8) is 0 Å². The first-order chi connectivity index (χ1) is 14.5. The Bertz CT molecular complexity index is 812. The second-order valence-corrected chi connectivity index (χ2v) is 8.07. The van der Waals surface area contributed by atoms with E-state index in [9.17, 15) is 14.3 Å². The van der Waals surface area contributed by atoms with Crippen molar-refractivity contribution in [2.75, 3.05) is 26.2 Å². The van der Waals surface area contributed by atoms with Crippen LogP contribution in [0.15, 0.2) is 48.5 Å². The molecule has 1 fully saturated rings. The Morgan fingerprint density at radius 2 is 2.03 bits per heavy atom. The summed E-state index contributed by atoms with van der Waals surface area (Å²) in [4.78, 5) is 15.0. The molecule has 5 nitrogen and oxygen atoms in total. The predicted octanol–water partition coefficient (Wildman–Crippen LogP) is 3.96. The summed E-state index contributed by atoms with van der Waals surface area (Å²) in [5.74, 6) is 0.587. The van der Waals surface area contributed by atoms with Crippen LogP contribution in [0, 0.1) is 17.7 Å². The number of phenolic OH excluding ortho intramolecular Hbond substituents is 1. The lowest BCUT2D eigenvalue weighted by Gasteiger charge is -2.37. The maximum Gasteiger partial charge on any atom is 0.224 e. The molecule has 2 aromatic rings. The number of hydrogen-bond acceptors (Lipinski definition) is 4. The highest BCUT2D eigenvalue weighted by molar-refractivity contribution is 5.79. The van der Waals surface area contributed by atoms with Gasteiger partial charge in [-0.3, -0.25) is 9.69 Å². The molecule has 0 unspecified atom stereocenters. The minimum atomic E-state index is -0.321. The zero-order valence-electron chi connectivity index (χ0n) is 17.5. The average molecular weight is 415 g/mol. The van der Waals surface area contributed by atoms with E-state index < -0.39 is 0 Å². The van der Waals surface area contributed by atoms with E-state index in [4.69, 9.17) is 4.74 Å². The van der Waals surface area contributed by atoms with Crippen LogP contribution in [-0.4, -0.2) is 42.2 Å². The molecule has 30 heavy (non-hydrogen) atoms. The van der Waals surface area contributed by atoms with Gasteiger partial charge in [0.1, 0.15) is 17.3 Å². The first-order valence-electron chi connectivity index (χ1n) is 10.7. The molecule has 6 heteroatoms. The molecular formula is C24H31FN2O3. The molecule has 0 spiro atoms. The van der Waals surface area contributed by atoms with Gasteiger partial charge in [0, 0.05) is 38.2 Å². The topological polar surface area (TPSA) is 61.8 Å². The lowest BCUT2D eigenvalue weighted by molar-refractivity contribution is -0.127. The Labute approximate surface area is 177 Å². The predicted molar refractivity (Wildman–Crippen MR) is 115 cm³/mol. The van der Waals surface area contributed by atoms with Crippen molar-refractivity contribution in [3.8, 4) is 11.5 Å². The molecule has 1 aliphatic rings. The standard InChI is InChI=1S/C24H31FN2O3/c1-2-3-11-26-24(29)20-12-19(17-30-23-6-4-5-21(25)13-23)15-27(16-20)14-18-7-9-22(28)10-8-18/h4-10,13,19-20,28H,2-3,11-12,14-17H2,1H3,(H,26,29)/t19-,20+/m0/s1. The molecule has 0 radical (unpaired) electrons. The van der Waals surface area contributed by atoms with Crippen LogP contribution in [0.2, 0.25) is 0 Å². The summed E-state index contributed by atoms with van der Waals surface area (Å²) >= 11 is 0. The van der Waals surface area contributed by atoms with E-state index in [1.54, 1.807) is 24.3 Å². The van der Waals surface area contributed by atoms with E-state index in [-0.39, 0.29) is 29.3 Å². The second kappa shape index (κ2) is 11.0. The number of benzene rings is 2. The van der Waals surface area contributed by atoms with E-state index in [0.29, 0.717) is 32.0 Å². The highest BCUT2D eigenvalue weighted by Gasteiger charge is 2.32. The van der Waals surface area contributed by atoms with E-state index in [1.165, 1.54) is 12.1 Å². The van der Waals surface area contributed by atoms with E-state index in [0.717, 1.165) is 31.4 Å². The number of rotatable bonds is 9. The number of nitrogens with one attached hydrogen (secondary N) is 1. The number of carbonyl (C=O) groups is 1. The molecule has 0 saturated carbocycles. The van der Waals surface area contributed by atoms with E-state index in [1.807, 2.05) is 12.1 Å². The van der Waals surface area contributed by atoms with Gasteiger partial charge < -0.3 is 15.2 Å². The molecule has 0 aromatic heterocycles. The summed E-state index contributed by atoms with van der Waals surface area (Å²) in [6.07, 6.45) is 2.77. The van der Waals surface area contributed by atoms with Crippen LogP contribution in [0.4, 0.5) is 4.39 Å². The normalized spacial score (nSPS) is 19.4. The fraction of sp³-hybridized carbons (Fsp3) is 0.458. The van der Waals surface area contributed by atoms with Crippen molar-refractivity contribution in [1.29, 1.82) is 0 Å². The highest BCUT2D eigenvalue weighted by atomic mass is 19.1. The van der Waals surface area contributed by atoms with Gasteiger partial charge in [-0.25, -0.2) is 4.39 Å². The van der Waals surface area contributed by atoms with E-state index >= 15 is 0 Å². The van der Waals surface area contributed by atoms with Crippen molar-refractivity contribution in [2.24, 2.45) is 11.8 Å². The number of unbranched alkanes of at least 4 members (excludes halogenated alkanes) is 1. The van der Waals surface area contributed by atoms with Crippen molar-refractivity contribution in [3.05, 3.63) is 59.9 Å². The number of hydrogen-bond donors (Lipinski definition) is 2. The Kier molecular flexibility index (Phi) is 8.08. The number of nitrogens with zero attached hydrogens (tertiary/aromatic N) is 1. The molecule has 162 valence electrons. The molecule has 1 amide bonds. The Hall–Kier alpha value is -2.60. The molecule has 1 heterocycles. The van der Waals surface area contributed by atoms with Gasteiger partial charge >= 0.3 is 0 Å². The summed E-state index contributed by atoms with van der Waals surface area (Å²) in [7, 11) is 0. The van der Waals surface area contributed by atoms with Crippen molar-refractivity contribution < 1.29 is 19.0 Å². The monoisotopic (exact) mass is 414 g/mol. The molecule has 2 atom stereocenters. The summed E-state index contributed by atoms with van der Waals surface area (Å²) in [6, 6.07) is 13.3. The Balaban J connectivity index is 1.64. The largest absolute Gasteiger partial charge is 0.508 e. The summed E-state index contributed by atoms with van der Waals surface area (Å²) < 4.78 is 19.3. The maximum absolute atomic E-state index is 13.4. The number of carbonyl (C=O) groups excluding carboxylic acids is 1. The van der Waals surface area contributed by atoms with Gasteiger partial charge in [-0.1, -0.05) is 31.5 Å². The lowest BCUT2D eigenvalue weighted by Crippen LogP contribution is -2.47. The van der Waals surface area contributed by atoms with Crippen LogP contribution < -0.4 is 10.1 Å². The summed E-state index contributed by atoms with van der Waals surface area (Å²) in [5, 5.41) is 12.6. The molecule has 2 aromatic carbocycles. The third-order valence-corrected chi connectivity index (χ3v) is 5.44. The van der Waals surface area contributed by atoms with Crippen LogP contribution in [0.3, 0.4) is 0 Å². The number of amides is 1. The van der Waals surface area contributed by atoms with Gasteiger partial charge in [0.05, 0.1) is 12.5 Å². The van der Waals surface area contributed by atoms with Gasteiger partial charge in [-0.15, -0.1) is 0 Å². The van der Waals surface area contributed by atoms with Gasteiger partial charge in [0.25, 0.3) is 0 Å². The van der Waals surface area contributed by atoms with Crippen LogP contribution in [0.5, 0.6) is 11.5 Å². The minimum Gasteiger partial charge on any atom is -0.508 e. The third kappa shape index (κ3) is 6.73. The molecule has 2 N–H and O–H groups in total. The van der Waals surface area contributed by atoms with Gasteiger partial charge in [-0.2, -0.15) is 0 Å². The molecule has 0 aliphatic carbocycles. The zero-order valence-corrected chi connectivity index (χ0v) is 17.5. The summed E-state index contributed by atoms with van der Waals surface area (Å²) in [6.45, 7) is 5.44. The number of likely N-dealkylation sites (tertiary alicyclic amines) is 1. The third-order valence-electron chi connectivity index (χ3n) is 5.44. The Morgan fingerprint density at radius 3 is 2.77 bits per heavy atom. The SMILES string of the molecule is CCCCNC(=O)[C@@H]1C[C@H](COc2cccc(F)c2)CN(Cc2ccc(O)cc2)C1. The fourth-order valence-electron chi connectivity index (χ4n) is 3.91. The number of ether oxygens (including phenoxy) is 1. The van der Waals surface area contributed by atoms with Crippen molar-refractivity contribution >= 4 is 5.91 Å². The van der Waals surface area contributed by atoms with Crippen LogP contribution in [0.25, 0.3) is 0 Å². The first kappa shape index (κ1) is 22.1. The highest BCUT2D eigenvalue weighted by Crippen LogP contribution is 2.25. The molecule has 1 saturated heterocycles. The van der Waals surface area contributed by atoms with Gasteiger partial charge in [-0.05, 0) is 42.7 Å². The molecule has 1 aliphatic heterocycles. The minimum absolute atomic E-state index is 0.0922. The number of aromatic hydroxyl groups is 1. The van der Waals surface area contributed by atoms with E-state index in [2.05, 4.69) is 17.1 Å². The van der Waals surface area contributed by atoms with Gasteiger partial charge in [0.2, 0.25) is 5.91 Å². The van der Waals surface area contributed by atoms with Gasteiger partial charge in [0.15, 0.2) is 0 Å². The molecular weight excluding hydrogens is 383 g/mol. The summed E-state index contributed by atoms with van der Waals surface area (Å²) in [5.41, 5.74) is 1.09. The average Bonchev–Trinajstić information content (AvgIpc) is 2.74. The first-order valence-corrected chi connectivity index (χ1v) is 10.7. The quantitative estimate of drug-likeness (QED) is 0.610. The fourth-order valence-corrected chi connectivity index (χ4v) is 3.91. The van der Waals surface area contributed by atoms with Crippen LogP contribution in [-0.2, 0) is 11.3 Å². The molecule has 0 bridgehead atoms. The number of piperidine rings is 1. The molecule has 3 rings (SSSR count). The van der Waals surface area contributed by atoms with Crippen LogP contribution in [0.1, 0.15) is 31.7 Å². The number of phenols is 1. The maximum atomic E-state index is 13.4. The lowest BCUT2D eigenvalue weighted by atomic mass is 9.88. The van der Waals surface area contributed by atoms with Crippen molar-refractivity contribution in [2.45, 2.75) is 32.7 Å². The second-order valence-electron chi connectivity index (χ2n) is 8.07. The number of halogens is 1. The van der Waals surface area contributed by atoms with Crippen molar-refractivity contribution in [1.82, 2.24) is 10.2 Å². The Morgan fingerprint density at radius 1 is 1.23 bits per heavy atom. The smallest absolute Gasteiger partial charge is 0.224 e. The van der Waals surface area contributed by atoms with Crippen LogP contribution >= 0.6 is 0 Å². The zero-order chi connectivity index (χ0) is 21.3.